The molecule has 2 rings (SSSR count). The molecule has 0 spiro atoms. The highest BCUT2D eigenvalue weighted by Crippen LogP contribution is 2.18. The van der Waals surface area contributed by atoms with E-state index in [2.05, 4.69) is 53.2 Å². The number of nitrogens with two attached hydrogens (primary N) is 2. The minimum atomic E-state index is -1.77. The molecule has 9 amide bonds. The molecule has 26 nitrogen and oxygen atoms in total. The van der Waals surface area contributed by atoms with Gasteiger partial charge >= 0.3 is 0 Å². The van der Waals surface area contributed by atoms with E-state index in [1.165, 1.54) is 19.1 Å². The summed E-state index contributed by atoms with van der Waals surface area (Å²) in [7, 11) is 0. The molecule has 19 N–H and O–H groups in total. The van der Waals surface area contributed by atoms with Crippen molar-refractivity contribution in [1.29, 1.82) is 5.41 Å². The zero-order valence-electron chi connectivity index (χ0n) is 40.4. The summed E-state index contributed by atoms with van der Waals surface area (Å²) in [6, 6.07) is -6.56. The van der Waals surface area contributed by atoms with E-state index in [0.29, 0.717) is 12.8 Å². The number of amides is 9. The molecule has 392 valence electrons. The van der Waals surface area contributed by atoms with Crippen molar-refractivity contribution in [2.45, 2.75) is 140 Å². The Kier molecular flexibility index (Phi) is 25.2. The summed E-state index contributed by atoms with van der Waals surface area (Å²) in [5.74, 6) is -10.8. The third kappa shape index (κ3) is 18.4. The second-order valence-electron chi connectivity index (χ2n) is 17.4. The first kappa shape index (κ1) is 59.6. The van der Waals surface area contributed by atoms with Gasteiger partial charge in [-0.05, 0) is 43.6 Å². The lowest BCUT2D eigenvalue weighted by Gasteiger charge is -2.32. The normalized spacial score (nSPS) is 27.0. The fourth-order valence-corrected chi connectivity index (χ4v) is 7.06. The van der Waals surface area contributed by atoms with Gasteiger partial charge in [0.15, 0.2) is 5.96 Å². The maximum absolute atomic E-state index is 14.1. The number of carbonyl (C=O) groups is 9. The predicted molar refractivity (Wildman–Crippen MR) is 252 cm³/mol. The Morgan fingerprint density at radius 1 is 0.657 bits per heavy atom. The van der Waals surface area contributed by atoms with Gasteiger partial charge in [-0.3, -0.25) is 48.6 Å². The van der Waals surface area contributed by atoms with Crippen LogP contribution in [0.1, 0.15) is 85.3 Å². The van der Waals surface area contributed by atoms with Crippen LogP contribution in [0, 0.1) is 17.2 Å². The highest BCUT2D eigenvalue weighted by atomic mass is 16.3. The molecule has 0 aliphatic carbocycles. The molecule has 1 fully saturated rings. The first-order valence-electron chi connectivity index (χ1n) is 23.2. The summed E-state index contributed by atoms with van der Waals surface area (Å²) in [6.45, 7) is 6.48. The van der Waals surface area contributed by atoms with Crippen molar-refractivity contribution in [1.82, 2.24) is 53.2 Å². The highest BCUT2D eigenvalue weighted by molar-refractivity contribution is 5.98. The molecule has 0 radical (unpaired) electrons. The third-order valence-corrected chi connectivity index (χ3v) is 11.5. The van der Waals surface area contributed by atoms with E-state index in [-0.39, 0.29) is 37.3 Å². The van der Waals surface area contributed by atoms with Crippen molar-refractivity contribution in [3.63, 3.8) is 0 Å². The molecule has 1 aromatic rings. The van der Waals surface area contributed by atoms with E-state index in [1.807, 2.05) is 0 Å². The SMILES string of the molecule is CCC[C@@H]1NC(=O)[C@H]([C@H](O)C(C)C)NC(=O)[C@@H](N)[C@@H](c2ccccc2)NC(=O)C(CO)NC(=O)[C@H](CO)NC(=O)CNC(=O)[C@H]([C@H](C)O)NC(=O)[C@H]([C@@H](C)CC)NC(=O)[C@@H](CCCNC(=N)N)NC1=O. The molecule has 1 aliphatic rings. The lowest BCUT2D eigenvalue weighted by atomic mass is 9.95. The lowest BCUT2D eigenvalue weighted by Crippen LogP contribution is -2.63. The molecule has 0 saturated carbocycles. The smallest absolute Gasteiger partial charge is 0.245 e. The number of nitrogens with one attached hydrogen (secondary N) is 11. The van der Waals surface area contributed by atoms with Crippen LogP contribution in [-0.4, -0.2) is 166 Å². The van der Waals surface area contributed by atoms with Gasteiger partial charge in [0.2, 0.25) is 53.2 Å². The van der Waals surface area contributed by atoms with Crippen LogP contribution in [0.5, 0.6) is 0 Å². The molecule has 12 atom stereocenters. The van der Waals surface area contributed by atoms with Crippen molar-refractivity contribution in [2.75, 3.05) is 26.3 Å². The minimum Gasteiger partial charge on any atom is -0.394 e. The third-order valence-electron chi connectivity index (χ3n) is 11.5. The zero-order chi connectivity index (χ0) is 52.8. The molecule has 1 unspecified atom stereocenters. The van der Waals surface area contributed by atoms with Gasteiger partial charge in [-0.25, -0.2) is 0 Å². The van der Waals surface area contributed by atoms with E-state index >= 15 is 0 Å². The van der Waals surface area contributed by atoms with Crippen molar-refractivity contribution >= 4 is 59.1 Å². The summed E-state index contributed by atoms with van der Waals surface area (Å²) in [4.78, 5) is 124. The minimum absolute atomic E-state index is 0.0121. The van der Waals surface area contributed by atoms with E-state index in [9.17, 15) is 63.6 Å². The molecular weight excluding hydrogens is 919 g/mol. The van der Waals surface area contributed by atoms with Crippen LogP contribution >= 0.6 is 0 Å². The average Bonchev–Trinajstić information content (AvgIpc) is 3.32. The maximum Gasteiger partial charge on any atom is 0.245 e. The van der Waals surface area contributed by atoms with Gasteiger partial charge in [0.1, 0.15) is 48.3 Å². The zero-order valence-corrected chi connectivity index (χ0v) is 40.4. The van der Waals surface area contributed by atoms with Crippen molar-refractivity contribution in [3.8, 4) is 0 Å². The Morgan fingerprint density at radius 2 is 1.16 bits per heavy atom. The van der Waals surface area contributed by atoms with Crippen LogP contribution in [0.3, 0.4) is 0 Å². The quantitative estimate of drug-likeness (QED) is 0.0469. The van der Waals surface area contributed by atoms with Crippen molar-refractivity contribution < 1.29 is 63.6 Å². The fraction of sp³-hybridized carbons (Fsp3) is 0.636. The number of aliphatic hydroxyl groups is 4. The molecule has 0 bridgehead atoms. The Bertz CT molecular complexity index is 1960. The number of hydrogen-bond acceptors (Lipinski definition) is 15. The Hall–Kier alpha value is -6.48. The molecule has 0 aromatic heterocycles. The second-order valence-corrected chi connectivity index (χ2v) is 17.4. The van der Waals surface area contributed by atoms with Crippen LogP contribution in [0.2, 0.25) is 0 Å². The molecule has 1 saturated heterocycles. The van der Waals surface area contributed by atoms with Gasteiger partial charge in [-0.2, -0.15) is 0 Å². The Morgan fingerprint density at radius 3 is 1.71 bits per heavy atom. The van der Waals surface area contributed by atoms with Gasteiger partial charge < -0.3 is 85.1 Å². The Balaban J connectivity index is 2.75. The molecule has 26 heteroatoms. The summed E-state index contributed by atoms with van der Waals surface area (Å²) in [5.41, 5.74) is 12.1. The number of carbonyl (C=O) groups excluding carboxylic acids is 9. The van der Waals surface area contributed by atoms with Crippen LogP contribution in [0.15, 0.2) is 30.3 Å². The first-order chi connectivity index (χ1) is 33.0. The maximum atomic E-state index is 14.1. The number of aliphatic hydroxyl groups excluding tert-OH is 4. The highest BCUT2D eigenvalue weighted by Gasteiger charge is 2.39. The summed E-state index contributed by atoms with van der Waals surface area (Å²) >= 11 is 0. The van der Waals surface area contributed by atoms with E-state index in [0.717, 1.165) is 0 Å². The van der Waals surface area contributed by atoms with E-state index < -0.39 is 151 Å². The van der Waals surface area contributed by atoms with E-state index in [1.54, 1.807) is 52.8 Å². The average molecular weight is 992 g/mol. The van der Waals surface area contributed by atoms with Gasteiger partial charge in [0, 0.05) is 6.54 Å². The fourth-order valence-electron chi connectivity index (χ4n) is 7.06. The standard InChI is InChI=1S/C44H73N13O13/c1-7-13-25-36(63)51-26(16-12-17-48-44(46)47)37(64)54-31(22(5)8-2)42(69)55-32(23(6)60)41(68)49-18-29(61)50-27(19-58)38(65)53-28(20-59)39(66)56-33(24-14-10-9-11-15-24)30(45)40(67)57-34(43(70)52-25)35(62)21(3)4/h9-11,14-15,21-23,25-28,30-35,58-60,62H,7-8,12-13,16-20,45H2,1-6H3,(H,49,68)(H,50,61)(H,51,63)(H,52,70)(H,53,65)(H,54,64)(H,55,69)(H,56,66)(H,57,67)(H4,46,47,48)/t22-,23-,25-,26+,27-,28?,30-,31-,32-,33+,34-,35+/m0/s1. The second kappa shape index (κ2) is 29.5. The lowest BCUT2D eigenvalue weighted by molar-refractivity contribution is -0.138. The largest absolute Gasteiger partial charge is 0.394 e. The number of hydrogen-bond donors (Lipinski definition) is 17. The van der Waals surface area contributed by atoms with Crippen LogP contribution in [0.25, 0.3) is 0 Å². The molecular formula is C44H73N13O13. The predicted octanol–water partition coefficient (Wildman–Crippen LogP) is -5.81. The number of benzene rings is 1. The van der Waals surface area contributed by atoms with Crippen LogP contribution in [-0.2, 0) is 43.2 Å². The molecule has 1 heterocycles. The van der Waals surface area contributed by atoms with Gasteiger partial charge in [0.05, 0.1) is 38.0 Å². The first-order valence-corrected chi connectivity index (χ1v) is 23.2. The van der Waals surface area contributed by atoms with Gasteiger partial charge in [-0.15, -0.1) is 0 Å². The van der Waals surface area contributed by atoms with Crippen molar-refractivity contribution in [3.05, 3.63) is 35.9 Å². The van der Waals surface area contributed by atoms with Crippen LogP contribution < -0.4 is 64.6 Å². The van der Waals surface area contributed by atoms with Crippen LogP contribution in [0.4, 0.5) is 0 Å². The Labute approximate surface area is 406 Å². The molecule has 1 aromatic carbocycles. The van der Waals surface area contributed by atoms with Gasteiger partial charge in [-0.1, -0.05) is 77.8 Å². The monoisotopic (exact) mass is 992 g/mol. The molecule has 70 heavy (non-hydrogen) atoms. The topological polar surface area (TPSA) is 431 Å². The van der Waals surface area contributed by atoms with E-state index in [4.69, 9.17) is 16.9 Å². The summed E-state index contributed by atoms with van der Waals surface area (Å²) in [6.07, 6.45) is -2.52. The molecule has 1 aliphatic heterocycles. The van der Waals surface area contributed by atoms with Gasteiger partial charge in [0.25, 0.3) is 0 Å². The summed E-state index contributed by atoms with van der Waals surface area (Å²) in [5, 5.41) is 73.9. The number of rotatable bonds is 14. The number of guanidine groups is 1. The summed E-state index contributed by atoms with van der Waals surface area (Å²) < 4.78 is 0. The van der Waals surface area contributed by atoms with Crippen molar-refractivity contribution in [2.24, 2.45) is 23.3 Å².